The molecule has 1 N–H and O–H groups in total. The topological polar surface area (TPSA) is 76.5 Å². The van der Waals surface area contributed by atoms with Crippen molar-refractivity contribution < 1.29 is 13.2 Å². The Kier molecular flexibility index (Phi) is 6.67. The molecule has 2 aromatic heterocycles. The van der Waals surface area contributed by atoms with Crippen molar-refractivity contribution in [3.8, 4) is 0 Å². The molecule has 176 valence electrons. The second kappa shape index (κ2) is 9.68. The van der Waals surface area contributed by atoms with Gasteiger partial charge in [-0.05, 0) is 37.0 Å². The van der Waals surface area contributed by atoms with E-state index in [2.05, 4.69) is 34.6 Å². The highest BCUT2D eigenvalue weighted by molar-refractivity contribution is 7.89. The van der Waals surface area contributed by atoms with Crippen LogP contribution in [0.3, 0.4) is 0 Å². The third kappa shape index (κ3) is 4.93. The molecule has 0 bridgehead atoms. The summed E-state index contributed by atoms with van der Waals surface area (Å²) in [6, 6.07) is 14.5. The van der Waals surface area contributed by atoms with E-state index in [0.29, 0.717) is 19.6 Å². The van der Waals surface area contributed by atoms with E-state index >= 15 is 0 Å². The summed E-state index contributed by atoms with van der Waals surface area (Å²) in [6.07, 6.45) is 6.77. The van der Waals surface area contributed by atoms with Crippen molar-refractivity contribution in [2.24, 2.45) is 7.05 Å². The molecule has 2 fully saturated rings. The molecule has 0 spiro atoms. The van der Waals surface area contributed by atoms with E-state index in [-0.39, 0.29) is 23.1 Å². The van der Waals surface area contributed by atoms with Crippen molar-refractivity contribution in [1.29, 1.82) is 0 Å². The van der Waals surface area contributed by atoms with Crippen LogP contribution in [-0.2, 0) is 28.4 Å². The van der Waals surface area contributed by atoms with Gasteiger partial charge < -0.3 is 14.6 Å². The number of sulfonamides is 1. The van der Waals surface area contributed by atoms with E-state index < -0.39 is 10.0 Å². The third-order valence-corrected chi connectivity index (χ3v) is 9.41. The summed E-state index contributed by atoms with van der Waals surface area (Å²) < 4.78 is 35.6. The van der Waals surface area contributed by atoms with Crippen LogP contribution in [0.5, 0.6) is 0 Å². The highest BCUT2D eigenvalue weighted by Gasteiger charge is 2.40. The van der Waals surface area contributed by atoms with Crippen LogP contribution in [0.2, 0.25) is 0 Å². The van der Waals surface area contributed by atoms with Gasteiger partial charge in [-0.3, -0.25) is 0 Å². The molecule has 0 aliphatic carbocycles. The summed E-state index contributed by atoms with van der Waals surface area (Å²) in [4.78, 5) is 6.63. The van der Waals surface area contributed by atoms with Crippen molar-refractivity contribution in [3.05, 3.63) is 70.3 Å². The lowest BCUT2D eigenvalue weighted by Gasteiger charge is -2.21. The molecule has 33 heavy (non-hydrogen) atoms. The molecular weight excluding hydrogens is 456 g/mol. The number of rotatable bonds is 7. The number of nitrogens with one attached hydrogen (secondary N) is 1. The van der Waals surface area contributed by atoms with Gasteiger partial charge in [-0.1, -0.05) is 30.3 Å². The van der Waals surface area contributed by atoms with Crippen LogP contribution >= 0.6 is 11.3 Å². The molecule has 2 aliphatic rings. The maximum absolute atomic E-state index is 13.2. The first-order valence-corrected chi connectivity index (χ1v) is 13.7. The molecule has 7 nitrogen and oxygen atoms in total. The Labute approximate surface area is 199 Å². The van der Waals surface area contributed by atoms with Gasteiger partial charge in [-0.25, -0.2) is 13.4 Å². The molecule has 2 aliphatic heterocycles. The molecule has 4 heterocycles. The Morgan fingerprint density at radius 2 is 2.00 bits per heavy atom. The van der Waals surface area contributed by atoms with Crippen LogP contribution in [0.15, 0.2) is 60.0 Å². The Balaban J connectivity index is 1.32. The fraction of sp³-hybridized carbons (Fsp3) is 0.458. The first kappa shape index (κ1) is 22.7. The molecule has 2 saturated heterocycles. The van der Waals surface area contributed by atoms with E-state index in [0.717, 1.165) is 25.0 Å². The average molecular weight is 487 g/mol. The van der Waals surface area contributed by atoms with E-state index in [9.17, 15) is 8.42 Å². The number of benzene rings is 1. The predicted octanol–water partition coefficient (Wildman–Crippen LogP) is 3.67. The molecule has 1 unspecified atom stereocenters. The predicted molar refractivity (Wildman–Crippen MR) is 129 cm³/mol. The minimum atomic E-state index is -3.64. The van der Waals surface area contributed by atoms with Gasteiger partial charge >= 0.3 is 0 Å². The smallest absolute Gasteiger partial charge is 0.262 e. The zero-order valence-corrected chi connectivity index (χ0v) is 20.4. The number of nitrogens with zero attached hydrogens (tertiary/aromatic N) is 3. The Morgan fingerprint density at radius 1 is 1.15 bits per heavy atom. The molecule has 0 saturated carbocycles. The zero-order chi connectivity index (χ0) is 22.8. The number of hydrogen-bond donors (Lipinski definition) is 1. The first-order chi connectivity index (χ1) is 16.0. The second-order valence-corrected chi connectivity index (χ2v) is 11.9. The summed E-state index contributed by atoms with van der Waals surface area (Å²) >= 11 is 1.79. The number of thiophene rings is 1. The van der Waals surface area contributed by atoms with Gasteiger partial charge in [-0.15, -0.1) is 11.3 Å². The fourth-order valence-corrected chi connectivity index (χ4v) is 7.23. The molecule has 9 heteroatoms. The highest BCUT2D eigenvalue weighted by atomic mass is 32.2. The SMILES string of the molecule is Cn1cnc(S(=O)(=O)N2C[C@H](NCc3ccc(C4CCCCO4)s3)[C@@H](c3ccccc3)C2)c1. The Morgan fingerprint density at radius 3 is 2.73 bits per heavy atom. The molecule has 3 aromatic rings. The molecule has 5 rings (SSSR count). The maximum Gasteiger partial charge on any atom is 0.262 e. The second-order valence-electron chi connectivity index (χ2n) is 8.86. The number of aryl methyl sites for hydroxylation is 1. The van der Waals surface area contributed by atoms with Crippen LogP contribution in [0.4, 0.5) is 0 Å². The van der Waals surface area contributed by atoms with Gasteiger partial charge in [0.2, 0.25) is 0 Å². The van der Waals surface area contributed by atoms with Crippen molar-refractivity contribution >= 4 is 21.4 Å². The number of imidazole rings is 1. The molecule has 0 radical (unpaired) electrons. The largest absolute Gasteiger partial charge is 0.373 e. The quantitative estimate of drug-likeness (QED) is 0.552. The van der Waals surface area contributed by atoms with E-state index in [1.54, 1.807) is 33.5 Å². The van der Waals surface area contributed by atoms with Crippen LogP contribution in [0.25, 0.3) is 0 Å². The number of ether oxygens (including phenoxy) is 1. The molecule has 3 atom stereocenters. The van der Waals surface area contributed by atoms with Crippen LogP contribution in [0, 0.1) is 0 Å². The average Bonchev–Trinajstić information content (AvgIpc) is 3.59. The van der Waals surface area contributed by atoms with Gasteiger partial charge in [0, 0.05) is 61.2 Å². The monoisotopic (exact) mass is 486 g/mol. The fourth-order valence-electron chi connectivity index (χ4n) is 4.72. The lowest BCUT2D eigenvalue weighted by molar-refractivity contribution is 0.0172. The molecular formula is C24H30N4O3S2. The van der Waals surface area contributed by atoms with Gasteiger partial charge in [-0.2, -0.15) is 4.31 Å². The minimum Gasteiger partial charge on any atom is -0.373 e. The van der Waals surface area contributed by atoms with Crippen molar-refractivity contribution in [3.63, 3.8) is 0 Å². The van der Waals surface area contributed by atoms with Gasteiger partial charge in [0.25, 0.3) is 10.0 Å². The molecule has 1 aromatic carbocycles. The molecule has 0 amide bonds. The Hall–Kier alpha value is -2.04. The van der Waals surface area contributed by atoms with Crippen LogP contribution in [-0.4, -0.2) is 48.0 Å². The van der Waals surface area contributed by atoms with Gasteiger partial charge in [0.05, 0.1) is 12.4 Å². The summed E-state index contributed by atoms with van der Waals surface area (Å²) in [6.45, 7) is 2.41. The van der Waals surface area contributed by atoms with Crippen molar-refractivity contribution in [1.82, 2.24) is 19.2 Å². The highest BCUT2D eigenvalue weighted by Crippen LogP contribution is 2.34. The van der Waals surface area contributed by atoms with Crippen molar-refractivity contribution in [2.45, 2.75) is 48.9 Å². The lowest BCUT2D eigenvalue weighted by Crippen LogP contribution is -2.36. The summed E-state index contributed by atoms with van der Waals surface area (Å²) in [5.74, 6) is 0.0748. The van der Waals surface area contributed by atoms with Gasteiger partial charge in [0.15, 0.2) is 5.03 Å². The standard InChI is InChI=1S/C24H30N4O3S2/c1-27-16-24(26-17-27)33(29,30)28-14-20(18-7-3-2-4-8-18)21(15-28)25-13-19-10-11-23(32-19)22-9-5-6-12-31-22/h2-4,7-8,10-11,16-17,20-22,25H,5-6,9,12-15H2,1H3/t20-,21+,22?/m1/s1. The van der Waals surface area contributed by atoms with E-state index in [1.165, 1.54) is 22.5 Å². The van der Waals surface area contributed by atoms with E-state index in [4.69, 9.17) is 4.74 Å². The van der Waals surface area contributed by atoms with Gasteiger partial charge in [0.1, 0.15) is 0 Å². The van der Waals surface area contributed by atoms with Crippen LogP contribution in [0.1, 0.15) is 46.6 Å². The minimum absolute atomic E-state index is 0.0161. The lowest BCUT2D eigenvalue weighted by atomic mass is 9.94. The summed E-state index contributed by atoms with van der Waals surface area (Å²) in [5.41, 5.74) is 1.15. The van der Waals surface area contributed by atoms with Crippen molar-refractivity contribution in [2.75, 3.05) is 19.7 Å². The summed E-state index contributed by atoms with van der Waals surface area (Å²) in [5, 5.41) is 3.76. The zero-order valence-electron chi connectivity index (χ0n) is 18.8. The summed E-state index contributed by atoms with van der Waals surface area (Å²) in [7, 11) is -1.86. The third-order valence-electron chi connectivity index (χ3n) is 6.52. The number of aromatic nitrogens is 2. The normalized spacial score (nSPS) is 24.3. The number of hydrogen-bond acceptors (Lipinski definition) is 6. The van der Waals surface area contributed by atoms with Crippen LogP contribution < -0.4 is 5.32 Å². The van der Waals surface area contributed by atoms with E-state index in [1.807, 2.05) is 18.2 Å². The Bertz CT molecular complexity index is 1170. The maximum atomic E-state index is 13.2. The first-order valence-electron chi connectivity index (χ1n) is 11.5.